The minimum atomic E-state index is -0.981. The molecule has 2 saturated heterocycles. The molecule has 12 heteroatoms. The number of alkyl carbamates (subject to hydrolysis) is 1. The van der Waals surface area contributed by atoms with Crippen LogP contribution >= 0.6 is 0 Å². The third kappa shape index (κ3) is 11.4. The van der Waals surface area contributed by atoms with Crippen LogP contribution in [0.2, 0.25) is 0 Å². The van der Waals surface area contributed by atoms with E-state index in [0.717, 1.165) is 28.5 Å². The highest BCUT2D eigenvalue weighted by Gasteiger charge is 2.46. The van der Waals surface area contributed by atoms with Crippen LogP contribution in [0.25, 0.3) is 10.8 Å². The van der Waals surface area contributed by atoms with E-state index in [4.69, 9.17) is 23.7 Å². The first kappa shape index (κ1) is 37.6. The van der Waals surface area contributed by atoms with Gasteiger partial charge in [-0.1, -0.05) is 60.7 Å². The highest BCUT2D eigenvalue weighted by molar-refractivity contribution is 5.86. The van der Waals surface area contributed by atoms with Crippen molar-refractivity contribution in [3.8, 4) is 5.75 Å². The summed E-state index contributed by atoms with van der Waals surface area (Å²) >= 11 is 0. The zero-order valence-electron chi connectivity index (χ0n) is 29.4. The van der Waals surface area contributed by atoms with Crippen LogP contribution in [0.5, 0.6) is 5.75 Å². The summed E-state index contributed by atoms with van der Waals surface area (Å²) in [6, 6.07) is 22.7. The van der Waals surface area contributed by atoms with Gasteiger partial charge in [0.05, 0.1) is 25.9 Å². The molecule has 2 heterocycles. The van der Waals surface area contributed by atoms with Gasteiger partial charge in [-0.3, -0.25) is 9.59 Å². The van der Waals surface area contributed by atoms with E-state index in [1.54, 1.807) is 6.92 Å². The maximum atomic E-state index is 13.3. The standard InChI is InChI=1S/C39H49N3O9/c1-27(37(45)47-2)42-35(43)18-17-32-22-28(23-36(44)41-25-30-12-8-11-29-10-6-7-16-34(29)30)24-39(50-32)19-9-15-33(51-39)26-49-38(46)40-20-21-48-31-13-4-3-5-14-31/h3-8,10-14,16,27-28,32-33H,9,15,17-26H2,1-2H3,(H,40,46)(H,41,44)(H,42,43)/t27-,28-,32+,33+,39-/m0/s1. The number of carbonyl (C=O) groups excluding carboxylic acids is 4. The molecule has 5 atom stereocenters. The highest BCUT2D eigenvalue weighted by Crippen LogP contribution is 2.43. The Balaban J connectivity index is 1.16. The van der Waals surface area contributed by atoms with Crippen LogP contribution in [0.4, 0.5) is 4.79 Å². The van der Waals surface area contributed by atoms with Gasteiger partial charge in [0.25, 0.3) is 0 Å². The van der Waals surface area contributed by atoms with Gasteiger partial charge in [-0.2, -0.15) is 0 Å². The molecular weight excluding hydrogens is 654 g/mol. The minimum absolute atomic E-state index is 0.0468. The average molecular weight is 704 g/mol. The van der Waals surface area contributed by atoms with Crippen LogP contribution in [0.15, 0.2) is 72.8 Å². The van der Waals surface area contributed by atoms with Gasteiger partial charge in [-0.25, -0.2) is 9.59 Å². The molecule has 3 aromatic carbocycles. The van der Waals surface area contributed by atoms with E-state index >= 15 is 0 Å². The smallest absolute Gasteiger partial charge is 0.407 e. The van der Waals surface area contributed by atoms with E-state index in [1.807, 2.05) is 54.6 Å². The molecule has 0 bridgehead atoms. The molecule has 12 nitrogen and oxygen atoms in total. The second-order valence-corrected chi connectivity index (χ2v) is 13.2. The first-order valence-electron chi connectivity index (χ1n) is 17.8. The molecule has 0 aromatic heterocycles. The number of benzene rings is 3. The molecule has 2 fully saturated rings. The van der Waals surface area contributed by atoms with Crippen LogP contribution in [0.3, 0.4) is 0 Å². The summed E-state index contributed by atoms with van der Waals surface area (Å²) in [5.74, 6) is -1.22. The monoisotopic (exact) mass is 703 g/mol. The fourth-order valence-corrected chi connectivity index (χ4v) is 6.88. The molecule has 274 valence electrons. The number of rotatable bonds is 15. The first-order chi connectivity index (χ1) is 24.7. The number of esters is 1. The maximum Gasteiger partial charge on any atom is 0.407 e. The molecule has 0 aliphatic carbocycles. The van der Waals surface area contributed by atoms with E-state index in [9.17, 15) is 19.2 Å². The maximum absolute atomic E-state index is 13.3. The van der Waals surface area contributed by atoms with E-state index in [-0.39, 0.29) is 49.8 Å². The minimum Gasteiger partial charge on any atom is -0.492 e. The Hall–Kier alpha value is -4.68. The van der Waals surface area contributed by atoms with Crippen LogP contribution < -0.4 is 20.7 Å². The number of para-hydroxylation sites is 1. The summed E-state index contributed by atoms with van der Waals surface area (Å²) in [4.78, 5) is 50.3. The molecule has 3 aromatic rings. The Morgan fingerprint density at radius 3 is 2.51 bits per heavy atom. The van der Waals surface area contributed by atoms with Crippen molar-refractivity contribution in [1.29, 1.82) is 0 Å². The number of carbonyl (C=O) groups is 4. The fourth-order valence-electron chi connectivity index (χ4n) is 6.88. The molecule has 0 saturated carbocycles. The molecule has 3 amide bonds. The molecule has 2 aliphatic heterocycles. The summed E-state index contributed by atoms with van der Waals surface area (Å²) in [6.45, 7) is 2.61. The van der Waals surface area contributed by atoms with Gasteiger partial charge in [0, 0.05) is 32.2 Å². The second-order valence-electron chi connectivity index (χ2n) is 13.2. The van der Waals surface area contributed by atoms with Crippen molar-refractivity contribution in [2.45, 2.75) is 88.9 Å². The summed E-state index contributed by atoms with van der Waals surface area (Å²) in [6.07, 6.45) is 2.61. The molecule has 51 heavy (non-hydrogen) atoms. The zero-order valence-corrected chi connectivity index (χ0v) is 29.4. The predicted molar refractivity (Wildman–Crippen MR) is 190 cm³/mol. The van der Waals surface area contributed by atoms with Crippen LogP contribution in [-0.2, 0) is 39.9 Å². The SMILES string of the molecule is COC(=O)[C@H](C)NC(=O)CC[C@@H]1C[C@@H](CC(=O)NCc2cccc3ccccc23)C[C@@]2(CCC[C@H](COC(=O)NCCOc3ccccc3)O2)O1. The molecule has 0 unspecified atom stereocenters. The molecule has 5 rings (SSSR count). The average Bonchev–Trinajstić information content (AvgIpc) is 3.14. The third-order valence-electron chi connectivity index (χ3n) is 9.28. The highest BCUT2D eigenvalue weighted by atomic mass is 16.7. The lowest BCUT2D eigenvalue weighted by atomic mass is 9.82. The number of hydrogen-bond acceptors (Lipinski definition) is 9. The van der Waals surface area contributed by atoms with Crippen molar-refractivity contribution in [3.05, 3.63) is 78.4 Å². The Labute approximate surface area is 298 Å². The van der Waals surface area contributed by atoms with Crippen molar-refractivity contribution < 1.29 is 42.9 Å². The molecular formula is C39H49N3O9. The number of methoxy groups -OCH3 is 1. The normalized spacial score (nSPS) is 22.0. The van der Waals surface area contributed by atoms with Gasteiger partial charge < -0.3 is 39.6 Å². The van der Waals surface area contributed by atoms with Crippen molar-refractivity contribution in [2.75, 3.05) is 26.9 Å². The van der Waals surface area contributed by atoms with Gasteiger partial charge in [-0.15, -0.1) is 0 Å². The predicted octanol–water partition coefficient (Wildman–Crippen LogP) is 5.17. The van der Waals surface area contributed by atoms with Gasteiger partial charge in [0.15, 0.2) is 5.79 Å². The fraction of sp³-hybridized carbons (Fsp3) is 0.487. The molecule has 1 spiro atoms. The van der Waals surface area contributed by atoms with Crippen molar-refractivity contribution in [1.82, 2.24) is 16.0 Å². The Morgan fingerprint density at radius 1 is 0.922 bits per heavy atom. The number of amides is 3. The quantitative estimate of drug-likeness (QED) is 0.144. The third-order valence-corrected chi connectivity index (χ3v) is 9.28. The van der Waals surface area contributed by atoms with Gasteiger partial charge in [-0.05, 0) is 67.0 Å². The van der Waals surface area contributed by atoms with E-state index in [0.29, 0.717) is 45.3 Å². The van der Waals surface area contributed by atoms with Gasteiger partial charge >= 0.3 is 12.1 Å². The topological polar surface area (TPSA) is 151 Å². The number of hydrogen-bond donors (Lipinski definition) is 3. The van der Waals surface area contributed by atoms with Crippen molar-refractivity contribution >= 4 is 34.6 Å². The van der Waals surface area contributed by atoms with E-state index in [1.165, 1.54) is 7.11 Å². The summed E-state index contributed by atoms with van der Waals surface area (Å²) in [7, 11) is 1.27. The number of fused-ring (bicyclic) bond motifs is 1. The Kier molecular flexibility index (Phi) is 13.6. The van der Waals surface area contributed by atoms with Crippen LogP contribution in [0, 0.1) is 5.92 Å². The summed E-state index contributed by atoms with van der Waals surface area (Å²) < 4.78 is 28.9. The largest absolute Gasteiger partial charge is 0.492 e. The summed E-state index contributed by atoms with van der Waals surface area (Å²) in [5, 5.41) is 10.7. The Bertz CT molecular complexity index is 1610. The second kappa shape index (κ2) is 18.5. The lowest BCUT2D eigenvalue weighted by Crippen LogP contribution is -2.52. The summed E-state index contributed by atoms with van der Waals surface area (Å²) in [5.41, 5.74) is 1.04. The van der Waals surface area contributed by atoms with Gasteiger partial charge in [0.2, 0.25) is 11.8 Å². The number of ether oxygens (including phenoxy) is 5. The van der Waals surface area contributed by atoms with E-state index < -0.39 is 30.0 Å². The van der Waals surface area contributed by atoms with Crippen LogP contribution in [0.1, 0.15) is 63.9 Å². The van der Waals surface area contributed by atoms with Crippen molar-refractivity contribution in [3.63, 3.8) is 0 Å². The van der Waals surface area contributed by atoms with E-state index in [2.05, 4.69) is 34.1 Å². The number of nitrogens with one attached hydrogen (secondary N) is 3. The van der Waals surface area contributed by atoms with Crippen LogP contribution in [-0.4, -0.2) is 74.8 Å². The lowest BCUT2D eigenvalue weighted by molar-refractivity contribution is -0.326. The molecule has 0 radical (unpaired) electrons. The Morgan fingerprint density at radius 2 is 1.69 bits per heavy atom. The lowest BCUT2D eigenvalue weighted by Gasteiger charge is -2.48. The van der Waals surface area contributed by atoms with Crippen molar-refractivity contribution in [2.24, 2.45) is 5.92 Å². The molecule has 3 N–H and O–H groups in total. The van der Waals surface area contributed by atoms with Gasteiger partial charge in [0.1, 0.15) is 25.0 Å². The first-order valence-corrected chi connectivity index (χ1v) is 17.8. The molecule has 2 aliphatic rings. The zero-order chi connectivity index (χ0) is 36.1.